The molecule has 30 heavy (non-hydrogen) atoms. The van der Waals surface area contributed by atoms with E-state index in [-0.39, 0.29) is 5.91 Å². The van der Waals surface area contributed by atoms with Gasteiger partial charge >= 0.3 is 6.09 Å². The van der Waals surface area contributed by atoms with Crippen molar-refractivity contribution in [1.29, 1.82) is 0 Å². The van der Waals surface area contributed by atoms with Gasteiger partial charge in [-0.2, -0.15) is 0 Å². The molecule has 0 atom stereocenters. The monoisotopic (exact) mass is 407 g/mol. The number of nitrogens with one attached hydrogen (secondary N) is 2. The number of hydrogen-bond donors (Lipinski definition) is 2. The number of nitrogens with zero attached hydrogens (tertiary/aromatic N) is 1. The molecule has 0 aliphatic heterocycles. The summed E-state index contributed by atoms with van der Waals surface area (Å²) in [7, 11) is 0. The third-order valence-electron chi connectivity index (χ3n) is 4.11. The number of rotatable bonds is 4. The van der Waals surface area contributed by atoms with Gasteiger partial charge in [-0.15, -0.1) is 0 Å². The number of fused-ring (bicyclic) bond motifs is 1. The number of hydrogen-bond acceptors (Lipinski definition) is 5. The Bertz CT molecular complexity index is 1100. The zero-order chi connectivity index (χ0) is 21.9. The van der Waals surface area contributed by atoms with E-state index in [1.54, 1.807) is 30.5 Å². The topological polar surface area (TPSA) is 89.5 Å². The van der Waals surface area contributed by atoms with E-state index >= 15 is 0 Å². The fourth-order valence-corrected chi connectivity index (χ4v) is 2.84. The van der Waals surface area contributed by atoms with E-state index in [4.69, 9.17) is 9.47 Å². The van der Waals surface area contributed by atoms with Crippen molar-refractivity contribution >= 4 is 28.6 Å². The van der Waals surface area contributed by atoms with Gasteiger partial charge in [0.25, 0.3) is 0 Å². The minimum absolute atomic E-state index is 0.176. The number of aromatic nitrogens is 1. The van der Waals surface area contributed by atoms with Gasteiger partial charge in [0.15, 0.2) is 0 Å². The second-order valence-corrected chi connectivity index (χ2v) is 7.99. The number of benzene rings is 2. The lowest BCUT2D eigenvalue weighted by molar-refractivity contribution is -0.114. The molecular formula is C23H25N3O4. The van der Waals surface area contributed by atoms with Gasteiger partial charge in [0.1, 0.15) is 17.2 Å². The highest BCUT2D eigenvalue weighted by atomic mass is 16.6. The van der Waals surface area contributed by atoms with Crippen LogP contribution < -0.4 is 20.1 Å². The van der Waals surface area contributed by atoms with Crippen LogP contribution in [-0.2, 0) is 4.79 Å². The predicted molar refractivity (Wildman–Crippen MR) is 116 cm³/mol. The first-order chi connectivity index (χ1) is 14.1. The summed E-state index contributed by atoms with van der Waals surface area (Å²) in [5.74, 6) is 1.32. The van der Waals surface area contributed by atoms with E-state index in [0.717, 1.165) is 10.9 Å². The van der Waals surface area contributed by atoms with Gasteiger partial charge in [-0.25, -0.2) is 4.79 Å². The number of carbonyl (C=O) groups is 2. The Hall–Kier alpha value is -3.61. The zero-order valence-electron chi connectivity index (χ0n) is 17.7. The van der Waals surface area contributed by atoms with Crippen molar-refractivity contribution in [3.8, 4) is 17.2 Å². The molecule has 3 aromatic rings. The van der Waals surface area contributed by atoms with Crippen molar-refractivity contribution < 1.29 is 19.1 Å². The van der Waals surface area contributed by atoms with E-state index in [2.05, 4.69) is 15.6 Å². The number of carbonyl (C=O) groups excluding carboxylic acids is 2. The molecule has 0 unspecified atom stereocenters. The van der Waals surface area contributed by atoms with Crippen molar-refractivity contribution in [2.45, 2.75) is 40.2 Å². The number of para-hydroxylation sites is 1. The number of aryl methyl sites for hydroxylation is 1. The Labute approximate surface area is 175 Å². The average Bonchev–Trinajstić information content (AvgIpc) is 2.63. The molecule has 7 heteroatoms. The molecule has 3 rings (SSSR count). The summed E-state index contributed by atoms with van der Waals surface area (Å²) < 4.78 is 11.5. The highest BCUT2D eigenvalue weighted by molar-refractivity contribution is 6.01. The zero-order valence-corrected chi connectivity index (χ0v) is 17.7. The summed E-state index contributed by atoms with van der Waals surface area (Å²) in [6.07, 6.45) is 1.08. The standard InChI is InChI=1S/C23H25N3O4/c1-14-9-10-16(29-22(28)26-23(3,4)5)13-20(14)30-19-11-12-24-21-17(19)7-6-8-18(21)25-15(2)27/h6-13H,1-5H3,(H,25,27)(H,26,28). The van der Waals surface area contributed by atoms with Crippen molar-refractivity contribution in [3.63, 3.8) is 0 Å². The molecule has 2 aromatic carbocycles. The fourth-order valence-electron chi connectivity index (χ4n) is 2.84. The van der Waals surface area contributed by atoms with Crippen LogP contribution >= 0.6 is 0 Å². The highest BCUT2D eigenvalue weighted by Gasteiger charge is 2.16. The summed E-state index contributed by atoms with van der Waals surface area (Å²) in [6, 6.07) is 12.4. The first kappa shape index (κ1) is 21.1. The minimum atomic E-state index is -0.536. The van der Waals surface area contributed by atoms with E-state index < -0.39 is 11.6 Å². The molecule has 2 amide bonds. The van der Waals surface area contributed by atoms with Crippen molar-refractivity contribution in [2.24, 2.45) is 0 Å². The minimum Gasteiger partial charge on any atom is -0.456 e. The molecule has 0 spiro atoms. The van der Waals surface area contributed by atoms with Gasteiger partial charge in [0.05, 0.1) is 11.2 Å². The molecule has 0 aliphatic rings. The van der Waals surface area contributed by atoms with Crippen LogP contribution in [0.25, 0.3) is 10.9 Å². The summed E-state index contributed by atoms with van der Waals surface area (Å²) >= 11 is 0. The third kappa shape index (κ3) is 5.26. The molecule has 7 nitrogen and oxygen atoms in total. The maximum atomic E-state index is 12.1. The van der Waals surface area contributed by atoms with Crippen LogP contribution in [0.1, 0.15) is 33.3 Å². The van der Waals surface area contributed by atoms with Gasteiger partial charge in [-0.05, 0) is 57.5 Å². The van der Waals surface area contributed by atoms with E-state index in [0.29, 0.717) is 28.5 Å². The van der Waals surface area contributed by atoms with Gasteiger partial charge in [0, 0.05) is 30.1 Å². The number of anilines is 1. The van der Waals surface area contributed by atoms with Crippen LogP contribution in [0.4, 0.5) is 10.5 Å². The van der Waals surface area contributed by atoms with E-state index in [1.165, 1.54) is 6.92 Å². The van der Waals surface area contributed by atoms with E-state index in [9.17, 15) is 9.59 Å². The highest BCUT2D eigenvalue weighted by Crippen LogP contribution is 2.34. The second kappa shape index (κ2) is 8.41. The predicted octanol–water partition coefficient (Wildman–Crippen LogP) is 5.18. The lowest BCUT2D eigenvalue weighted by Gasteiger charge is -2.20. The SMILES string of the molecule is CC(=O)Nc1cccc2c(Oc3cc(OC(=O)NC(C)(C)C)ccc3C)ccnc12. The molecule has 0 saturated carbocycles. The number of ether oxygens (including phenoxy) is 2. The molecular weight excluding hydrogens is 382 g/mol. The van der Waals surface area contributed by atoms with Crippen molar-refractivity contribution in [1.82, 2.24) is 10.3 Å². The van der Waals surface area contributed by atoms with Crippen LogP contribution in [0.15, 0.2) is 48.7 Å². The molecule has 1 aromatic heterocycles. The maximum absolute atomic E-state index is 12.1. The lowest BCUT2D eigenvalue weighted by atomic mass is 10.1. The maximum Gasteiger partial charge on any atom is 0.413 e. The van der Waals surface area contributed by atoms with Gasteiger partial charge < -0.3 is 20.1 Å². The van der Waals surface area contributed by atoms with Crippen molar-refractivity contribution in [3.05, 3.63) is 54.2 Å². The Morgan fingerprint density at radius 2 is 1.80 bits per heavy atom. The van der Waals surface area contributed by atoms with E-state index in [1.807, 2.05) is 45.9 Å². The van der Waals surface area contributed by atoms with Crippen molar-refractivity contribution in [2.75, 3.05) is 5.32 Å². The number of pyridine rings is 1. The molecule has 0 saturated heterocycles. The van der Waals surface area contributed by atoms with Crippen LogP contribution in [-0.4, -0.2) is 22.5 Å². The van der Waals surface area contributed by atoms with Gasteiger partial charge in [0.2, 0.25) is 5.91 Å². The summed E-state index contributed by atoms with van der Waals surface area (Å²) in [5, 5.41) is 6.28. The Morgan fingerprint density at radius 1 is 1.03 bits per heavy atom. The van der Waals surface area contributed by atoms with Crippen LogP contribution in [0.3, 0.4) is 0 Å². The quantitative estimate of drug-likeness (QED) is 0.622. The molecule has 0 fully saturated rings. The average molecular weight is 407 g/mol. The third-order valence-corrected chi connectivity index (χ3v) is 4.11. The van der Waals surface area contributed by atoms with Crippen LogP contribution in [0.2, 0.25) is 0 Å². The lowest BCUT2D eigenvalue weighted by Crippen LogP contribution is -2.42. The smallest absolute Gasteiger partial charge is 0.413 e. The van der Waals surface area contributed by atoms with Gasteiger partial charge in [-0.1, -0.05) is 12.1 Å². The van der Waals surface area contributed by atoms with Crippen LogP contribution in [0.5, 0.6) is 17.2 Å². The van der Waals surface area contributed by atoms with Crippen LogP contribution in [0, 0.1) is 6.92 Å². The van der Waals surface area contributed by atoms with Gasteiger partial charge in [-0.3, -0.25) is 9.78 Å². The summed E-state index contributed by atoms with van der Waals surface area (Å²) in [6.45, 7) is 8.98. The molecule has 0 bridgehead atoms. The fraction of sp³-hybridized carbons (Fsp3) is 0.261. The summed E-state index contributed by atoms with van der Waals surface area (Å²) in [4.78, 5) is 27.9. The normalized spacial score (nSPS) is 11.1. The Morgan fingerprint density at radius 3 is 2.50 bits per heavy atom. The molecule has 0 aliphatic carbocycles. The Balaban J connectivity index is 1.90. The largest absolute Gasteiger partial charge is 0.456 e. The molecule has 156 valence electrons. The molecule has 2 N–H and O–H groups in total. The Kier molecular flexibility index (Phi) is 5.91. The first-order valence-electron chi connectivity index (χ1n) is 9.56. The molecule has 1 heterocycles. The summed E-state index contributed by atoms with van der Waals surface area (Å²) in [5.41, 5.74) is 1.71. The number of amides is 2. The first-order valence-corrected chi connectivity index (χ1v) is 9.56. The molecule has 0 radical (unpaired) electrons. The second-order valence-electron chi connectivity index (χ2n) is 7.99.